The lowest BCUT2D eigenvalue weighted by atomic mass is 10.1. The summed E-state index contributed by atoms with van der Waals surface area (Å²) >= 11 is 1.49. The molecular formula is C15H11N3O2S. The monoisotopic (exact) mass is 297 g/mol. The summed E-state index contributed by atoms with van der Waals surface area (Å²) in [6.45, 7) is 0. The highest BCUT2D eigenvalue weighted by molar-refractivity contribution is 7.14. The van der Waals surface area contributed by atoms with Gasteiger partial charge in [0.2, 0.25) is 0 Å². The van der Waals surface area contributed by atoms with Gasteiger partial charge in [0, 0.05) is 29.0 Å². The molecule has 104 valence electrons. The summed E-state index contributed by atoms with van der Waals surface area (Å²) in [5, 5.41) is 14.8. The van der Waals surface area contributed by atoms with Gasteiger partial charge in [-0.15, -0.1) is 11.3 Å². The Hall–Kier alpha value is -2.73. The number of nitrogens with zero attached hydrogens (tertiary/aromatic N) is 2. The maximum absolute atomic E-state index is 10.8. The highest BCUT2D eigenvalue weighted by atomic mass is 32.1. The Kier molecular flexibility index (Phi) is 3.61. The van der Waals surface area contributed by atoms with Crippen LogP contribution in [-0.2, 0) is 0 Å². The Morgan fingerprint density at radius 2 is 1.81 bits per heavy atom. The molecule has 0 radical (unpaired) electrons. The first kappa shape index (κ1) is 13.3. The topological polar surface area (TPSA) is 75.1 Å². The number of aromatic carboxylic acids is 1. The van der Waals surface area contributed by atoms with Gasteiger partial charge in [0.05, 0.1) is 11.3 Å². The van der Waals surface area contributed by atoms with E-state index >= 15 is 0 Å². The number of nitrogens with one attached hydrogen (secondary N) is 1. The Morgan fingerprint density at radius 3 is 2.48 bits per heavy atom. The lowest BCUT2D eigenvalue weighted by molar-refractivity contribution is 0.0697. The van der Waals surface area contributed by atoms with Crippen LogP contribution in [0.15, 0.2) is 54.2 Å². The molecule has 0 aliphatic rings. The standard InChI is InChI=1S/C15H11N3O2S/c19-14(20)11-3-1-10(2-4-11)13-9-21-15(18-13)17-12-5-7-16-8-6-12/h1-9H,(H,19,20)(H,16,17,18). The van der Waals surface area contributed by atoms with E-state index in [1.807, 2.05) is 17.5 Å². The highest BCUT2D eigenvalue weighted by Gasteiger charge is 2.07. The van der Waals surface area contributed by atoms with Crippen LogP contribution in [-0.4, -0.2) is 21.0 Å². The van der Waals surface area contributed by atoms with Gasteiger partial charge in [0.25, 0.3) is 0 Å². The maximum atomic E-state index is 10.8. The number of carboxylic acids is 1. The van der Waals surface area contributed by atoms with E-state index in [0.29, 0.717) is 0 Å². The molecule has 0 amide bonds. The van der Waals surface area contributed by atoms with Crippen molar-refractivity contribution in [2.24, 2.45) is 0 Å². The Labute approximate surface area is 124 Å². The van der Waals surface area contributed by atoms with Gasteiger partial charge in [0.1, 0.15) is 0 Å². The molecule has 0 spiro atoms. The normalized spacial score (nSPS) is 10.3. The van der Waals surface area contributed by atoms with Crippen molar-refractivity contribution in [3.63, 3.8) is 0 Å². The zero-order chi connectivity index (χ0) is 14.7. The quantitative estimate of drug-likeness (QED) is 0.769. The second kappa shape index (κ2) is 5.72. The largest absolute Gasteiger partial charge is 0.478 e. The average molecular weight is 297 g/mol. The van der Waals surface area contributed by atoms with Crippen LogP contribution in [0.2, 0.25) is 0 Å². The number of thiazole rings is 1. The number of carboxylic acid groups (broad SMARTS) is 1. The smallest absolute Gasteiger partial charge is 0.335 e. The Balaban J connectivity index is 1.80. The molecule has 0 unspecified atom stereocenters. The molecule has 0 atom stereocenters. The van der Waals surface area contributed by atoms with E-state index in [2.05, 4.69) is 15.3 Å². The van der Waals surface area contributed by atoms with E-state index in [9.17, 15) is 4.79 Å². The minimum atomic E-state index is -0.931. The van der Waals surface area contributed by atoms with Gasteiger partial charge in [-0.2, -0.15) is 0 Å². The zero-order valence-corrected chi connectivity index (χ0v) is 11.7. The summed E-state index contributed by atoms with van der Waals surface area (Å²) in [5.74, 6) is -0.931. The molecule has 0 fully saturated rings. The van der Waals surface area contributed by atoms with E-state index < -0.39 is 5.97 Å². The third kappa shape index (κ3) is 3.06. The molecule has 0 bridgehead atoms. The molecule has 6 heteroatoms. The van der Waals surface area contributed by atoms with Crippen LogP contribution < -0.4 is 5.32 Å². The molecule has 1 aromatic carbocycles. The fourth-order valence-electron chi connectivity index (χ4n) is 1.81. The van der Waals surface area contributed by atoms with Crippen molar-refractivity contribution in [1.82, 2.24) is 9.97 Å². The van der Waals surface area contributed by atoms with Crippen molar-refractivity contribution in [2.45, 2.75) is 0 Å². The summed E-state index contributed by atoms with van der Waals surface area (Å²) in [4.78, 5) is 19.3. The van der Waals surface area contributed by atoms with E-state index in [1.165, 1.54) is 11.3 Å². The lowest BCUT2D eigenvalue weighted by Gasteiger charge is -2.01. The molecule has 0 aliphatic carbocycles. The first-order valence-electron chi connectivity index (χ1n) is 6.19. The zero-order valence-electron chi connectivity index (χ0n) is 10.9. The van der Waals surface area contributed by atoms with Crippen LogP contribution in [0.25, 0.3) is 11.3 Å². The summed E-state index contributed by atoms with van der Waals surface area (Å²) in [7, 11) is 0. The van der Waals surface area contributed by atoms with E-state index in [1.54, 1.807) is 36.7 Å². The van der Waals surface area contributed by atoms with Crippen LogP contribution in [0, 0.1) is 0 Å². The number of rotatable bonds is 4. The van der Waals surface area contributed by atoms with Gasteiger partial charge in [-0.05, 0) is 24.3 Å². The summed E-state index contributed by atoms with van der Waals surface area (Å²) in [6, 6.07) is 10.4. The Morgan fingerprint density at radius 1 is 1.10 bits per heavy atom. The molecule has 0 aliphatic heterocycles. The van der Waals surface area contributed by atoms with E-state index in [4.69, 9.17) is 5.11 Å². The minimum Gasteiger partial charge on any atom is -0.478 e. The van der Waals surface area contributed by atoms with Crippen LogP contribution in [0.4, 0.5) is 10.8 Å². The molecule has 21 heavy (non-hydrogen) atoms. The number of benzene rings is 1. The summed E-state index contributed by atoms with van der Waals surface area (Å²) in [5.41, 5.74) is 2.89. The second-order valence-corrected chi connectivity index (χ2v) is 5.14. The van der Waals surface area contributed by atoms with E-state index in [-0.39, 0.29) is 5.56 Å². The molecule has 2 N–H and O–H groups in total. The number of anilines is 2. The van der Waals surface area contributed by atoms with Gasteiger partial charge in [-0.25, -0.2) is 9.78 Å². The minimum absolute atomic E-state index is 0.268. The molecule has 0 saturated heterocycles. The fourth-order valence-corrected chi connectivity index (χ4v) is 2.55. The number of aromatic nitrogens is 2. The molecular weight excluding hydrogens is 286 g/mol. The number of hydrogen-bond acceptors (Lipinski definition) is 5. The SMILES string of the molecule is O=C(O)c1ccc(-c2csc(Nc3ccncc3)n2)cc1. The Bertz CT molecular complexity index is 754. The molecule has 3 rings (SSSR count). The van der Waals surface area contributed by atoms with Gasteiger partial charge in [-0.3, -0.25) is 4.98 Å². The maximum Gasteiger partial charge on any atom is 0.335 e. The van der Waals surface area contributed by atoms with Gasteiger partial charge in [-0.1, -0.05) is 12.1 Å². The van der Waals surface area contributed by atoms with Crippen molar-refractivity contribution in [1.29, 1.82) is 0 Å². The van der Waals surface area contributed by atoms with Crippen molar-refractivity contribution >= 4 is 28.1 Å². The lowest BCUT2D eigenvalue weighted by Crippen LogP contribution is -1.95. The van der Waals surface area contributed by atoms with Crippen LogP contribution in [0.1, 0.15) is 10.4 Å². The van der Waals surface area contributed by atoms with Crippen molar-refractivity contribution in [2.75, 3.05) is 5.32 Å². The third-order valence-electron chi connectivity index (χ3n) is 2.86. The van der Waals surface area contributed by atoms with E-state index in [0.717, 1.165) is 22.1 Å². The number of pyridine rings is 1. The van der Waals surface area contributed by atoms with Gasteiger partial charge < -0.3 is 10.4 Å². The van der Waals surface area contributed by atoms with Crippen molar-refractivity contribution in [3.8, 4) is 11.3 Å². The molecule has 2 heterocycles. The van der Waals surface area contributed by atoms with Gasteiger partial charge >= 0.3 is 5.97 Å². The predicted molar refractivity (Wildman–Crippen MR) is 82.0 cm³/mol. The van der Waals surface area contributed by atoms with Crippen LogP contribution in [0.5, 0.6) is 0 Å². The number of carbonyl (C=O) groups is 1. The first-order valence-corrected chi connectivity index (χ1v) is 7.06. The highest BCUT2D eigenvalue weighted by Crippen LogP contribution is 2.27. The molecule has 2 aromatic heterocycles. The van der Waals surface area contributed by atoms with Crippen molar-refractivity contribution < 1.29 is 9.90 Å². The number of hydrogen-bond donors (Lipinski definition) is 2. The summed E-state index contributed by atoms with van der Waals surface area (Å²) in [6.07, 6.45) is 3.42. The van der Waals surface area contributed by atoms with Crippen LogP contribution >= 0.6 is 11.3 Å². The molecule has 3 aromatic rings. The fraction of sp³-hybridized carbons (Fsp3) is 0. The van der Waals surface area contributed by atoms with Crippen molar-refractivity contribution in [3.05, 3.63) is 59.7 Å². The molecule has 0 saturated carbocycles. The second-order valence-electron chi connectivity index (χ2n) is 4.28. The van der Waals surface area contributed by atoms with Crippen LogP contribution in [0.3, 0.4) is 0 Å². The first-order chi connectivity index (χ1) is 10.2. The average Bonchev–Trinajstić information content (AvgIpc) is 2.97. The van der Waals surface area contributed by atoms with Gasteiger partial charge in [0.15, 0.2) is 5.13 Å². The predicted octanol–water partition coefficient (Wildman–Crippen LogP) is 3.65. The third-order valence-corrected chi connectivity index (χ3v) is 3.62. The molecule has 5 nitrogen and oxygen atoms in total. The summed E-state index contributed by atoms with van der Waals surface area (Å²) < 4.78 is 0.